The van der Waals surface area contributed by atoms with E-state index in [4.69, 9.17) is 9.47 Å². The van der Waals surface area contributed by atoms with Crippen molar-refractivity contribution in [2.24, 2.45) is 0 Å². The molecule has 0 unspecified atom stereocenters. The molecule has 4 heteroatoms. The number of nitrogens with one attached hydrogen (secondary N) is 1. The molecule has 1 aliphatic heterocycles. The Kier molecular flexibility index (Phi) is 7.16. The third-order valence-electron chi connectivity index (χ3n) is 4.00. The van der Waals surface area contributed by atoms with Gasteiger partial charge in [-0.1, -0.05) is 18.2 Å². The van der Waals surface area contributed by atoms with Crippen LogP contribution in [0.4, 0.5) is 0 Å². The van der Waals surface area contributed by atoms with Gasteiger partial charge in [-0.25, -0.2) is 0 Å². The zero-order chi connectivity index (χ0) is 14.9. The third-order valence-corrected chi connectivity index (χ3v) is 4.00. The number of methoxy groups -OCH3 is 2. The quantitative estimate of drug-likeness (QED) is 0.704. The van der Waals surface area contributed by atoms with Gasteiger partial charge in [0.05, 0.1) is 6.61 Å². The lowest BCUT2D eigenvalue weighted by atomic mass is 9.98. The van der Waals surface area contributed by atoms with Gasteiger partial charge in [-0.05, 0) is 36.1 Å². The Balaban J connectivity index is 1.94. The van der Waals surface area contributed by atoms with Crippen molar-refractivity contribution in [1.82, 2.24) is 10.2 Å². The Morgan fingerprint density at radius 2 is 1.95 bits per heavy atom. The average Bonchev–Trinajstić information content (AvgIpc) is 2.52. The van der Waals surface area contributed by atoms with E-state index < -0.39 is 0 Å². The Hall–Kier alpha value is -0.940. The van der Waals surface area contributed by atoms with E-state index in [1.165, 1.54) is 16.7 Å². The van der Waals surface area contributed by atoms with E-state index in [-0.39, 0.29) is 0 Å². The number of fused-ring (bicyclic) bond motifs is 1. The highest BCUT2D eigenvalue weighted by Gasteiger charge is 2.11. The molecule has 4 nitrogen and oxygen atoms in total. The Bertz CT molecular complexity index is 423. The van der Waals surface area contributed by atoms with Crippen LogP contribution >= 0.6 is 0 Å². The van der Waals surface area contributed by atoms with Crippen LogP contribution in [-0.4, -0.2) is 52.0 Å². The molecule has 0 amide bonds. The lowest BCUT2D eigenvalue weighted by molar-refractivity contribution is 0.129. The van der Waals surface area contributed by atoms with Gasteiger partial charge in [-0.15, -0.1) is 0 Å². The van der Waals surface area contributed by atoms with Gasteiger partial charge in [0, 0.05) is 47.0 Å². The van der Waals surface area contributed by atoms with E-state index >= 15 is 0 Å². The Morgan fingerprint density at radius 1 is 1.10 bits per heavy atom. The second kappa shape index (κ2) is 9.15. The fourth-order valence-corrected chi connectivity index (χ4v) is 2.81. The number of benzene rings is 1. The maximum Gasteiger partial charge on any atom is 0.0589 e. The van der Waals surface area contributed by atoms with Crippen LogP contribution in [0.5, 0.6) is 0 Å². The van der Waals surface area contributed by atoms with Gasteiger partial charge in [0.1, 0.15) is 0 Å². The molecule has 0 radical (unpaired) electrons. The number of rotatable bonds is 9. The zero-order valence-electron chi connectivity index (χ0n) is 13.4. The molecule has 118 valence electrons. The molecule has 2 rings (SSSR count). The van der Waals surface area contributed by atoms with E-state index in [1.54, 1.807) is 14.2 Å². The Labute approximate surface area is 128 Å². The minimum atomic E-state index is 0.777. The van der Waals surface area contributed by atoms with Crippen molar-refractivity contribution in [2.75, 3.05) is 47.1 Å². The number of nitrogens with zero attached hydrogens (tertiary/aromatic N) is 1. The van der Waals surface area contributed by atoms with E-state index in [9.17, 15) is 0 Å². The molecular weight excluding hydrogens is 264 g/mol. The molecule has 0 saturated carbocycles. The summed E-state index contributed by atoms with van der Waals surface area (Å²) in [6.45, 7) is 6.70. The standard InChI is InChI=1S/C17H28N2O2/c1-20-10-3-8-19(9-11-21-2)14-15-4-5-16-6-7-18-13-17(16)12-15/h4-5,12,18H,3,6-11,13-14H2,1-2H3. The number of hydrogen-bond donors (Lipinski definition) is 1. The van der Waals surface area contributed by atoms with Gasteiger partial charge in [0.25, 0.3) is 0 Å². The molecule has 0 aromatic heterocycles. The average molecular weight is 292 g/mol. The first-order chi connectivity index (χ1) is 10.3. The van der Waals surface area contributed by atoms with Gasteiger partial charge < -0.3 is 14.8 Å². The van der Waals surface area contributed by atoms with E-state index in [2.05, 4.69) is 28.4 Å². The van der Waals surface area contributed by atoms with Crippen LogP contribution in [0.2, 0.25) is 0 Å². The molecule has 1 aliphatic rings. The molecule has 1 N–H and O–H groups in total. The molecule has 0 aliphatic carbocycles. The lowest BCUT2D eigenvalue weighted by Crippen LogP contribution is -2.29. The number of ether oxygens (including phenoxy) is 2. The summed E-state index contributed by atoms with van der Waals surface area (Å²) in [4.78, 5) is 2.44. The summed E-state index contributed by atoms with van der Waals surface area (Å²) in [7, 11) is 3.52. The second-order valence-electron chi connectivity index (χ2n) is 5.65. The molecule has 0 atom stereocenters. The third kappa shape index (κ3) is 5.40. The zero-order valence-corrected chi connectivity index (χ0v) is 13.4. The smallest absolute Gasteiger partial charge is 0.0589 e. The maximum atomic E-state index is 5.22. The molecule has 21 heavy (non-hydrogen) atoms. The van der Waals surface area contributed by atoms with Crippen LogP contribution in [0.3, 0.4) is 0 Å². The first-order valence-electron chi connectivity index (χ1n) is 7.85. The van der Waals surface area contributed by atoms with Gasteiger partial charge >= 0.3 is 0 Å². The van der Waals surface area contributed by atoms with Crippen LogP contribution in [0.1, 0.15) is 23.1 Å². The summed E-state index contributed by atoms with van der Waals surface area (Å²) in [6.07, 6.45) is 2.21. The largest absolute Gasteiger partial charge is 0.385 e. The predicted molar refractivity (Wildman–Crippen MR) is 85.5 cm³/mol. The Morgan fingerprint density at radius 3 is 2.76 bits per heavy atom. The first-order valence-corrected chi connectivity index (χ1v) is 7.85. The van der Waals surface area contributed by atoms with Crippen molar-refractivity contribution >= 4 is 0 Å². The summed E-state index contributed by atoms with van der Waals surface area (Å²) in [6, 6.07) is 6.94. The van der Waals surface area contributed by atoms with Crippen LogP contribution in [-0.2, 0) is 29.0 Å². The summed E-state index contributed by atoms with van der Waals surface area (Å²) in [5.74, 6) is 0. The molecular formula is C17H28N2O2. The van der Waals surface area contributed by atoms with Crippen LogP contribution in [0.25, 0.3) is 0 Å². The molecule has 1 heterocycles. The van der Waals surface area contributed by atoms with E-state index in [0.717, 1.165) is 58.8 Å². The molecule has 0 spiro atoms. The highest BCUT2D eigenvalue weighted by molar-refractivity contribution is 5.33. The lowest BCUT2D eigenvalue weighted by Gasteiger charge is -2.23. The topological polar surface area (TPSA) is 33.7 Å². The van der Waals surface area contributed by atoms with Gasteiger partial charge in [0.2, 0.25) is 0 Å². The molecule has 0 saturated heterocycles. The van der Waals surface area contributed by atoms with Crippen LogP contribution < -0.4 is 5.32 Å². The second-order valence-corrected chi connectivity index (χ2v) is 5.65. The monoisotopic (exact) mass is 292 g/mol. The first kappa shape index (κ1) is 16.4. The minimum absolute atomic E-state index is 0.777. The van der Waals surface area contributed by atoms with Crippen molar-refractivity contribution in [2.45, 2.75) is 25.9 Å². The van der Waals surface area contributed by atoms with Crippen LogP contribution in [0, 0.1) is 0 Å². The predicted octanol–water partition coefficient (Wildman–Crippen LogP) is 1.82. The van der Waals surface area contributed by atoms with Crippen molar-refractivity contribution < 1.29 is 9.47 Å². The fraction of sp³-hybridized carbons (Fsp3) is 0.647. The van der Waals surface area contributed by atoms with Crippen LogP contribution in [0.15, 0.2) is 18.2 Å². The van der Waals surface area contributed by atoms with Crippen molar-refractivity contribution in [1.29, 1.82) is 0 Å². The summed E-state index contributed by atoms with van der Waals surface area (Å²) in [5.41, 5.74) is 4.36. The fourth-order valence-electron chi connectivity index (χ4n) is 2.81. The SMILES string of the molecule is COCCCN(CCOC)Cc1ccc2c(c1)CNCC2. The van der Waals surface area contributed by atoms with Gasteiger partial charge in [-0.3, -0.25) is 4.90 Å². The highest BCUT2D eigenvalue weighted by Crippen LogP contribution is 2.17. The van der Waals surface area contributed by atoms with E-state index in [1.807, 2.05) is 0 Å². The molecule has 0 bridgehead atoms. The summed E-state index contributed by atoms with van der Waals surface area (Å²) < 4.78 is 10.4. The van der Waals surface area contributed by atoms with Crippen molar-refractivity contribution in [3.05, 3.63) is 34.9 Å². The number of hydrogen-bond acceptors (Lipinski definition) is 4. The molecule has 0 fully saturated rings. The maximum absolute atomic E-state index is 5.22. The van der Waals surface area contributed by atoms with E-state index in [0.29, 0.717) is 0 Å². The van der Waals surface area contributed by atoms with Gasteiger partial charge in [0.15, 0.2) is 0 Å². The molecule has 1 aromatic rings. The van der Waals surface area contributed by atoms with Crippen molar-refractivity contribution in [3.63, 3.8) is 0 Å². The molecule has 1 aromatic carbocycles. The summed E-state index contributed by atoms with van der Waals surface area (Å²) in [5, 5.41) is 3.45. The minimum Gasteiger partial charge on any atom is -0.385 e. The normalized spacial score (nSPS) is 14.4. The highest BCUT2D eigenvalue weighted by atomic mass is 16.5. The van der Waals surface area contributed by atoms with Crippen molar-refractivity contribution in [3.8, 4) is 0 Å². The van der Waals surface area contributed by atoms with Gasteiger partial charge in [-0.2, -0.15) is 0 Å². The summed E-state index contributed by atoms with van der Waals surface area (Å²) >= 11 is 0.